The summed E-state index contributed by atoms with van der Waals surface area (Å²) in [6.45, 7) is 4.91. The van der Waals surface area contributed by atoms with E-state index in [4.69, 9.17) is 20.9 Å². The SMILES string of the molecule is COCCO[C@@H]1CCCN([C@@H]2C=C(C(=O)O)C[C@H](N=C(N)N)[C@H]2C)C1. The van der Waals surface area contributed by atoms with E-state index < -0.39 is 5.97 Å². The first-order valence-corrected chi connectivity index (χ1v) is 8.79. The highest BCUT2D eigenvalue weighted by Gasteiger charge is 2.37. The molecule has 1 saturated heterocycles. The summed E-state index contributed by atoms with van der Waals surface area (Å²) < 4.78 is 10.9. The first kappa shape index (κ1) is 19.7. The monoisotopic (exact) mass is 354 g/mol. The highest BCUT2D eigenvalue weighted by Crippen LogP contribution is 2.32. The maximum Gasteiger partial charge on any atom is 0.331 e. The molecule has 8 nitrogen and oxygen atoms in total. The van der Waals surface area contributed by atoms with Gasteiger partial charge in [-0.25, -0.2) is 9.79 Å². The van der Waals surface area contributed by atoms with Crippen LogP contribution in [0.4, 0.5) is 0 Å². The van der Waals surface area contributed by atoms with E-state index in [9.17, 15) is 9.90 Å². The molecule has 25 heavy (non-hydrogen) atoms. The average molecular weight is 354 g/mol. The van der Waals surface area contributed by atoms with Crippen LogP contribution in [0.2, 0.25) is 0 Å². The Morgan fingerprint density at radius 3 is 2.84 bits per heavy atom. The van der Waals surface area contributed by atoms with Crippen LogP contribution in [0.1, 0.15) is 26.2 Å². The van der Waals surface area contributed by atoms with E-state index in [1.807, 2.05) is 6.08 Å². The summed E-state index contributed by atoms with van der Waals surface area (Å²) in [6, 6.07) is -0.234. The largest absolute Gasteiger partial charge is 0.478 e. The van der Waals surface area contributed by atoms with E-state index in [1.54, 1.807) is 7.11 Å². The Morgan fingerprint density at radius 1 is 1.44 bits per heavy atom. The molecule has 2 aliphatic rings. The summed E-state index contributed by atoms with van der Waals surface area (Å²) in [7, 11) is 1.66. The third-order valence-electron chi connectivity index (χ3n) is 5.01. The Bertz CT molecular complexity index is 519. The molecule has 0 aromatic rings. The number of aliphatic carboxylic acids is 1. The summed E-state index contributed by atoms with van der Waals surface area (Å²) in [6.07, 6.45) is 4.38. The standard InChI is InChI=1S/C17H30N4O4/c1-11-14(20-17(18)19)8-12(16(22)23)9-15(11)21-5-3-4-13(10-21)25-7-6-24-2/h9,11,13-15H,3-8,10H2,1-2H3,(H,22,23)(H4,18,19,20)/t11-,13-,14+,15-/m1/s1. The maximum atomic E-state index is 11.5. The van der Waals surface area contributed by atoms with Crippen LogP contribution in [0.3, 0.4) is 0 Å². The molecule has 1 heterocycles. The second kappa shape index (κ2) is 9.17. The minimum Gasteiger partial charge on any atom is -0.478 e. The Morgan fingerprint density at radius 2 is 2.20 bits per heavy atom. The lowest BCUT2D eigenvalue weighted by atomic mass is 9.81. The van der Waals surface area contributed by atoms with Crippen molar-refractivity contribution in [3.05, 3.63) is 11.6 Å². The number of guanidine groups is 1. The number of hydrogen-bond acceptors (Lipinski definition) is 5. The van der Waals surface area contributed by atoms with Gasteiger partial charge in [-0.1, -0.05) is 13.0 Å². The number of carboxylic acids is 1. The molecule has 0 spiro atoms. The predicted octanol–water partition coefficient (Wildman–Crippen LogP) is 0.175. The molecule has 0 aromatic heterocycles. The molecule has 0 saturated carbocycles. The molecule has 0 aromatic carbocycles. The number of carboxylic acid groups (broad SMARTS) is 1. The number of nitrogens with zero attached hydrogens (tertiary/aromatic N) is 2. The van der Waals surface area contributed by atoms with Crippen molar-refractivity contribution in [2.24, 2.45) is 22.4 Å². The minimum absolute atomic E-state index is 0.00154. The fraction of sp³-hybridized carbons (Fsp3) is 0.765. The normalized spacial score (nSPS) is 30.6. The lowest BCUT2D eigenvalue weighted by Gasteiger charge is -2.43. The molecule has 0 bridgehead atoms. The zero-order valence-electron chi connectivity index (χ0n) is 15.1. The molecule has 142 valence electrons. The lowest BCUT2D eigenvalue weighted by Crippen LogP contribution is -2.51. The average Bonchev–Trinajstić information content (AvgIpc) is 2.56. The summed E-state index contributed by atoms with van der Waals surface area (Å²) in [5.74, 6) is -0.776. The smallest absolute Gasteiger partial charge is 0.331 e. The van der Waals surface area contributed by atoms with Gasteiger partial charge < -0.3 is 26.0 Å². The molecule has 0 radical (unpaired) electrons. The van der Waals surface area contributed by atoms with Gasteiger partial charge in [0, 0.05) is 31.7 Å². The Balaban J connectivity index is 2.12. The van der Waals surface area contributed by atoms with Gasteiger partial charge in [-0.15, -0.1) is 0 Å². The summed E-state index contributed by atoms with van der Waals surface area (Å²) in [5.41, 5.74) is 11.4. The van der Waals surface area contributed by atoms with Gasteiger partial charge in [0.1, 0.15) is 0 Å². The fourth-order valence-corrected chi connectivity index (χ4v) is 3.69. The second-order valence-electron chi connectivity index (χ2n) is 6.79. The fourth-order valence-electron chi connectivity index (χ4n) is 3.69. The summed E-state index contributed by atoms with van der Waals surface area (Å²) >= 11 is 0. The molecule has 0 amide bonds. The number of methoxy groups -OCH3 is 1. The van der Waals surface area contributed by atoms with E-state index in [0.717, 1.165) is 25.9 Å². The van der Waals surface area contributed by atoms with Gasteiger partial charge in [-0.3, -0.25) is 4.90 Å². The number of aliphatic imine (C=N–C) groups is 1. The number of piperidine rings is 1. The maximum absolute atomic E-state index is 11.5. The van der Waals surface area contributed by atoms with Gasteiger partial charge in [0.05, 0.1) is 25.4 Å². The Hall–Kier alpha value is -1.64. The first-order chi connectivity index (χ1) is 11.9. The Kier molecular flexibility index (Phi) is 7.22. The van der Waals surface area contributed by atoms with Crippen LogP contribution in [-0.4, -0.2) is 73.5 Å². The zero-order valence-corrected chi connectivity index (χ0v) is 15.1. The molecule has 1 aliphatic heterocycles. The van der Waals surface area contributed by atoms with Crippen LogP contribution in [0.25, 0.3) is 0 Å². The quantitative estimate of drug-likeness (QED) is 0.338. The molecule has 0 unspecified atom stereocenters. The van der Waals surface area contributed by atoms with E-state index in [0.29, 0.717) is 25.2 Å². The van der Waals surface area contributed by atoms with Crippen molar-refractivity contribution in [1.29, 1.82) is 0 Å². The molecule has 5 N–H and O–H groups in total. The Labute approximate surface area is 148 Å². The second-order valence-corrected chi connectivity index (χ2v) is 6.79. The van der Waals surface area contributed by atoms with Crippen LogP contribution < -0.4 is 11.5 Å². The highest BCUT2D eigenvalue weighted by molar-refractivity contribution is 5.87. The third kappa shape index (κ3) is 5.42. The third-order valence-corrected chi connectivity index (χ3v) is 5.01. The van der Waals surface area contributed by atoms with Gasteiger partial charge >= 0.3 is 5.97 Å². The summed E-state index contributed by atoms with van der Waals surface area (Å²) in [5, 5.41) is 9.45. The number of carbonyl (C=O) groups is 1. The van der Waals surface area contributed by atoms with Gasteiger partial charge in [0.2, 0.25) is 0 Å². The van der Waals surface area contributed by atoms with Gasteiger partial charge in [-0.2, -0.15) is 0 Å². The molecule has 1 fully saturated rings. The van der Waals surface area contributed by atoms with Crippen molar-refractivity contribution in [2.45, 2.75) is 44.4 Å². The number of nitrogens with two attached hydrogens (primary N) is 2. The van der Waals surface area contributed by atoms with E-state index in [1.165, 1.54) is 0 Å². The summed E-state index contributed by atoms with van der Waals surface area (Å²) in [4.78, 5) is 18.1. The molecular formula is C17H30N4O4. The van der Waals surface area contributed by atoms with Crippen LogP contribution in [0.15, 0.2) is 16.6 Å². The topological polar surface area (TPSA) is 123 Å². The van der Waals surface area contributed by atoms with E-state index in [-0.39, 0.29) is 30.1 Å². The molecule has 2 rings (SSSR count). The van der Waals surface area contributed by atoms with Crippen molar-refractivity contribution in [2.75, 3.05) is 33.4 Å². The van der Waals surface area contributed by atoms with Gasteiger partial charge in [-0.05, 0) is 25.3 Å². The van der Waals surface area contributed by atoms with E-state index >= 15 is 0 Å². The van der Waals surface area contributed by atoms with E-state index in [2.05, 4.69) is 16.8 Å². The van der Waals surface area contributed by atoms with Gasteiger partial charge in [0.15, 0.2) is 5.96 Å². The molecule has 8 heteroatoms. The highest BCUT2D eigenvalue weighted by atomic mass is 16.5. The van der Waals surface area contributed by atoms with Crippen LogP contribution >= 0.6 is 0 Å². The minimum atomic E-state index is -0.905. The molecular weight excluding hydrogens is 324 g/mol. The van der Waals surface area contributed by atoms with Crippen molar-refractivity contribution in [1.82, 2.24) is 4.90 Å². The van der Waals surface area contributed by atoms with Crippen LogP contribution in [-0.2, 0) is 14.3 Å². The van der Waals surface area contributed by atoms with Gasteiger partial charge in [0.25, 0.3) is 0 Å². The number of ether oxygens (including phenoxy) is 2. The predicted molar refractivity (Wildman–Crippen MR) is 95.3 cm³/mol. The molecule has 4 atom stereocenters. The van der Waals surface area contributed by atoms with Crippen molar-refractivity contribution in [3.63, 3.8) is 0 Å². The zero-order chi connectivity index (χ0) is 18.4. The van der Waals surface area contributed by atoms with Crippen molar-refractivity contribution in [3.8, 4) is 0 Å². The van der Waals surface area contributed by atoms with Crippen LogP contribution in [0.5, 0.6) is 0 Å². The lowest BCUT2D eigenvalue weighted by molar-refractivity contribution is -0.133. The number of rotatable bonds is 7. The first-order valence-electron chi connectivity index (χ1n) is 8.79. The van der Waals surface area contributed by atoms with Crippen LogP contribution in [0, 0.1) is 5.92 Å². The van der Waals surface area contributed by atoms with Crippen molar-refractivity contribution < 1.29 is 19.4 Å². The van der Waals surface area contributed by atoms with Crippen molar-refractivity contribution >= 4 is 11.9 Å². The number of likely N-dealkylation sites (tertiary alicyclic amines) is 1. The molecule has 1 aliphatic carbocycles. The number of hydrogen-bond donors (Lipinski definition) is 3.